The van der Waals surface area contributed by atoms with E-state index in [-0.39, 0.29) is 12.1 Å². The van der Waals surface area contributed by atoms with Gasteiger partial charge >= 0.3 is 0 Å². The Kier molecular flexibility index (Phi) is 6.64. The summed E-state index contributed by atoms with van der Waals surface area (Å²) in [5.41, 5.74) is 3.92. The van der Waals surface area contributed by atoms with Crippen molar-refractivity contribution in [3.63, 3.8) is 0 Å². The van der Waals surface area contributed by atoms with Crippen LogP contribution in [-0.2, 0) is 10.9 Å². The highest BCUT2D eigenvalue weighted by atomic mass is 28.3. The molecule has 0 aliphatic heterocycles. The van der Waals surface area contributed by atoms with Crippen molar-refractivity contribution in [2.45, 2.75) is 76.5 Å². The molecule has 3 aromatic rings. The third-order valence-corrected chi connectivity index (χ3v) is 7.18. The summed E-state index contributed by atoms with van der Waals surface area (Å²) in [6, 6.07) is 2.29. The van der Waals surface area contributed by atoms with Crippen molar-refractivity contribution in [2.75, 3.05) is 19.0 Å². The Balaban J connectivity index is 1.73. The predicted octanol–water partition coefficient (Wildman–Crippen LogP) is 3.33. The molecule has 0 amide bonds. The van der Waals surface area contributed by atoms with Crippen molar-refractivity contribution in [3.05, 3.63) is 24.2 Å². The number of aliphatic hydroxyl groups excluding tert-OH is 1. The monoisotopic (exact) mass is 457 g/mol. The molecular formula is C22H35N7O2Si. The van der Waals surface area contributed by atoms with Gasteiger partial charge in [0.2, 0.25) is 5.95 Å². The van der Waals surface area contributed by atoms with Crippen molar-refractivity contribution in [1.29, 1.82) is 0 Å². The van der Waals surface area contributed by atoms with Gasteiger partial charge < -0.3 is 15.2 Å². The third-order valence-electron chi connectivity index (χ3n) is 5.90. The van der Waals surface area contributed by atoms with E-state index >= 15 is 0 Å². The number of hydrogen-bond donors (Lipinski definition) is 2. The lowest BCUT2D eigenvalue weighted by Crippen LogP contribution is -2.28. The van der Waals surface area contributed by atoms with E-state index in [9.17, 15) is 5.11 Å². The molecule has 1 aliphatic rings. The van der Waals surface area contributed by atoms with E-state index < -0.39 is 8.07 Å². The molecule has 0 aromatic carbocycles. The van der Waals surface area contributed by atoms with Crippen LogP contribution in [0.5, 0.6) is 0 Å². The van der Waals surface area contributed by atoms with Gasteiger partial charge in [-0.15, -0.1) is 10.2 Å². The van der Waals surface area contributed by atoms with Gasteiger partial charge in [0.1, 0.15) is 5.69 Å². The number of aromatic nitrogens is 6. The Morgan fingerprint density at radius 2 is 2.00 bits per heavy atom. The second-order valence-electron chi connectivity index (χ2n) is 10.2. The molecule has 4 rings (SSSR count). The zero-order valence-electron chi connectivity index (χ0n) is 19.7. The molecule has 9 nitrogen and oxygen atoms in total. The molecule has 0 bridgehead atoms. The number of ether oxygens (including phenoxy) is 1. The normalized spacial score (nSPS) is 20.6. The van der Waals surface area contributed by atoms with E-state index in [0.717, 1.165) is 54.3 Å². The quantitative estimate of drug-likeness (QED) is 0.500. The van der Waals surface area contributed by atoms with Crippen LogP contribution in [0.4, 0.5) is 5.95 Å². The van der Waals surface area contributed by atoms with E-state index in [1.54, 1.807) is 7.11 Å². The molecule has 3 aromatic heterocycles. The molecule has 0 saturated heterocycles. The molecule has 1 unspecified atom stereocenters. The SMILES string of the molecule is COCC(C)Nc1ncc2c(-c3cn(C[Si](C)(C)C)nn3)cc(C3CCC(O)CC3)n2n1. The first-order valence-electron chi connectivity index (χ1n) is 11.5. The molecule has 0 radical (unpaired) electrons. The maximum absolute atomic E-state index is 9.99. The number of rotatable bonds is 8. The smallest absolute Gasteiger partial charge is 0.241 e. The van der Waals surface area contributed by atoms with Crippen molar-refractivity contribution >= 4 is 19.5 Å². The average molecular weight is 458 g/mol. The first kappa shape index (κ1) is 22.9. The fourth-order valence-corrected chi connectivity index (χ4v) is 5.57. The molecular weight excluding hydrogens is 422 g/mol. The first-order valence-corrected chi connectivity index (χ1v) is 15.2. The number of nitrogens with zero attached hydrogens (tertiary/aromatic N) is 6. The lowest BCUT2D eigenvalue weighted by Gasteiger charge is -2.25. The summed E-state index contributed by atoms with van der Waals surface area (Å²) in [4.78, 5) is 4.57. The Labute approximate surface area is 190 Å². The number of aliphatic hydroxyl groups is 1. The number of nitrogens with one attached hydrogen (secondary N) is 1. The largest absolute Gasteiger partial charge is 0.393 e. The summed E-state index contributed by atoms with van der Waals surface area (Å²) < 4.78 is 9.19. The zero-order chi connectivity index (χ0) is 22.9. The van der Waals surface area contributed by atoms with E-state index in [4.69, 9.17) is 9.84 Å². The molecule has 0 spiro atoms. The van der Waals surface area contributed by atoms with Crippen LogP contribution in [0, 0.1) is 0 Å². The minimum atomic E-state index is -1.31. The van der Waals surface area contributed by atoms with Gasteiger partial charge in [-0.05, 0) is 38.7 Å². The molecule has 32 heavy (non-hydrogen) atoms. The first-order chi connectivity index (χ1) is 15.2. The van der Waals surface area contributed by atoms with Crippen LogP contribution in [0.1, 0.15) is 44.2 Å². The van der Waals surface area contributed by atoms with Crippen molar-refractivity contribution in [1.82, 2.24) is 29.6 Å². The van der Waals surface area contributed by atoms with Gasteiger partial charge in [-0.25, -0.2) is 9.50 Å². The summed E-state index contributed by atoms with van der Waals surface area (Å²) in [6.45, 7) is 9.59. The second kappa shape index (κ2) is 9.28. The summed E-state index contributed by atoms with van der Waals surface area (Å²) in [7, 11) is 0.377. The minimum absolute atomic E-state index is 0.0993. The number of fused-ring (bicyclic) bond motifs is 1. The minimum Gasteiger partial charge on any atom is -0.393 e. The standard InChI is InChI=1S/C22H35N7O2Si/c1-15(13-31-2)24-22-23-11-21-18(19-12-28(27-25-19)14-32(3,4)5)10-20(29(21)26-22)16-6-8-17(30)9-7-16/h10-12,15-17,30H,6-9,13-14H2,1-5H3,(H,24,26). The highest BCUT2D eigenvalue weighted by molar-refractivity contribution is 6.74. The molecule has 2 N–H and O–H groups in total. The maximum atomic E-state index is 9.99. The molecule has 1 atom stereocenters. The van der Waals surface area contributed by atoms with Crippen LogP contribution >= 0.6 is 0 Å². The molecule has 1 fully saturated rings. The number of anilines is 1. The lowest BCUT2D eigenvalue weighted by molar-refractivity contribution is 0.121. The molecule has 1 aliphatic carbocycles. The fraction of sp³-hybridized carbons (Fsp3) is 0.636. The van der Waals surface area contributed by atoms with Gasteiger partial charge in [0.05, 0.1) is 38.7 Å². The van der Waals surface area contributed by atoms with Crippen LogP contribution in [0.15, 0.2) is 18.5 Å². The van der Waals surface area contributed by atoms with Crippen molar-refractivity contribution < 1.29 is 9.84 Å². The van der Waals surface area contributed by atoms with Crippen LogP contribution in [0.25, 0.3) is 16.8 Å². The second-order valence-corrected chi connectivity index (χ2v) is 15.7. The number of methoxy groups -OCH3 is 1. The van der Waals surface area contributed by atoms with Crippen molar-refractivity contribution in [2.24, 2.45) is 0 Å². The molecule has 174 valence electrons. The molecule has 1 saturated carbocycles. The maximum Gasteiger partial charge on any atom is 0.241 e. The van der Waals surface area contributed by atoms with E-state index in [2.05, 4.69) is 46.3 Å². The Morgan fingerprint density at radius 1 is 1.25 bits per heavy atom. The highest BCUT2D eigenvalue weighted by Gasteiger charge is 2.26. The highest BCUT2D eigenvalue weighted by Crippen LogP contribution is 2.37. The topological polar surface area (TPSA) is 102 Å². The van der Waals surface area contributed by atoms with Crippen LogP contribution < -0.4 is 5.32 Å². The molecule has 10 heteroatoms. The lowest BCUT2D eigenvalue weighted by atomic mass is 9.85. The third kappa shape index (κ3) is 5.19. The van der Waals surface area contributed by atoms with Gasteiger partial charge in [0.15, 0.2) is 0 Å². The molecule has 3 heterocycles. The summed E-state index contributed by atoms with van der Waals surface area (Å²) in [5.74, 6) is 0.916. The van der Waals surface area contributed by atoms with Gasteiger partial charge in [-0.1, -0.05) is 24.9 Å². The van der Waals surface area contributed by atoms with E-state index in [1.807, 2.05) is 28.5 Å². The van der Waals surface area contributed by atoms with Gasteiger partial charge in [0.25, 0.3) is 0 Å². The van der Waals surface area contributed by atoms with Crippen LogP contribution in [0.2, 0.25) is 19.6 Å². The Morgan fingerprint density at radius 3 is 2.69 bits per heavy atom. The van der Waals surface area contributed by atoms with Gasteiger partial charge in [-0.3, -0.25) is 4.68 Å². The van der Waals surface area contributed by atoms with Gasteiger partial charge in [-0.2, -0.15) is 0 Å². The Bertz CT molecular complexity index is 1050. The average Bonchev–Trinajstić information content (AvgIpc) is 3.31. The summed E-state index contributed by atoms with van der Waals surface area (Å²) >= 11 is 0. The van der Waals surface area contributed by atoms with E-state index in [1.165, 1.54) is 0 Å². The Hall–Kier alpha value is -2.30. The predicted molar refractivity (Wildman–Crippen MR) is 128 cm³/mol. The van der Waals surface area contributed by atoms with Crippen LogP contribution in [0.3, 0.4) is 0 Å². The zero-order valence-corrected chi connectivity index (χ0v) is 20.7. The summed E-state index contributed by atoms with van der Waals surface area (Å²) in [6.07, 6.45) is 8.17. The fourth-order valence-electron chi connectivity index (χ4n) is 4.45. The summed E-state index contributed by atoms with van der Waals surface area (Å²) in [5, 5.41) is 27.0. The van der Waals surface area contributed by atoms with Crippen molar-refractivity contribution in [3.8, 4) is 11.3 Å². The van der Waals surface area contributed by atoms with Crippen LogP contribution in [-0.4, -0.2) is 68.6 Å². The van der Waals surface area contributed by atoms with Gasteiger partial charge in [0, 0.05) is 36.5 Å². The number of hydrogen-bond acceptors (Lipinski definition) is 7. The van der Waals surface area contributed by atoms with E-state index in [0.29, 0.717) is 18.5 Å².